The smallest absolute Gasteiger partial charge is 0.0909 e. The molecule has 0 bridgehead atoms. The molecule has 0 spiro atoms. The Balaban J connectivity index is 2.44. The molecule has 1 unspecified atom stereocenters. The third-order valence-corrected chi connectivity index (χ3v) is 2.43. The minimum atomic E-state index is 0.446. The van der Waals surface area contributed by atoms with Crippen LogP contribution in [0.1, 0.15) is 13.3 Å². The summed E-state index contributed by atoms with van der Waals surface area (Å²) in [6, 6.07) is 2.49. The number of nitriles is 1. The van der Waals surface area contributed by atoms with Crippen molar-refractivity contribution >= 4 is 0 Å². The number of piperazine rings is 1. The first kappa shape index (κ1) is 10.2. The number of allylic oxidation sites excluding steroid dienone is 1. The molecule has 0 radical (unpaired) electrons. The van der Waals surface area contributed by atoms with Gasteiger partial charge in [-0.25, -0.2) is 0 Å². The molecule has 13 heavy (non-hydrogen) atoms. The maximum Gasteiger partial charge on any atom is 0.0909 e. The van der Waals surface area contributed by atoms with Crippen LogP contribution in [0.2, 0.25) is 0 Å². The Morgan fingerprint density at radius 2 is 2.23 bits per heavy atom. The highest BCUT2D eigenvalue weighted by atomic mass is 15.2. The fourth-order valence-corrected chi connectivity index (χ4v) is 1.68. The van der Waals surface area contributed by atoms with Crippen LogP contribution in [0.3, 0.4) is 0 Å². The SMILES string of the molecule is CCC(C=CC#N)N1CCNCC1. The summed E-state index contributed by atoms with van der Waals surface area (Å²) in [5.74, 6) is 0. The van der Waals surface area contributed by atoms with E-state index in [2.05, 4.69) is 17.1 Å². The number of nitrogens with zero attached hydrogens (tertiary/aromatic N) is 2. The molecule has 3 nitrogen and oxygen atoms in total. The zero-order valence-electron chi connectivity index (χ0n) is 8.16. The Kier molecular flexibility index (Phi) is 4.52. The second-order valence-corrected chi connectivity index (χ2v) is 3.25. The van der Waals surface area contributed by atoms with Crippen LogP contribution in [0.15, 0.2) is 12.2 Å². The van der Waals surface area contributed by atoms with Crippen molar-refractivity contribution in [3.63, 3.8) is 0 Å². The second kappa shape index (κ2) is 5.74. The van der Waals surface area contributed by atoms with Gasteiger partial charge in [0.05, 0.1) is 6.07 Å². The largest absolute Gasteiger partial charge is 0.314 e. The Labute approximate surface area is 80.0 Å². The van der Waals surface area contributed by atoms with Gasteiger partial charge in [-0.2, -0.15) is 5.26 Å². The minimum absolute atomic E-state index is 0.446. The molecule has 0 aromatic heterocycles. The van der Waals surface area contributed by atoms with Gasteiger partial charge in [0.25, 0.3) is 0 Å². The number of nitrogens with one attached hydrogen (secondary N) is 1. The second-order valence-electron chi connectivity index (χ2n) is 3.25. The maximum absolute atomic E-state index is 8.44. The Morgan fingerprint density at radius 3 is 2.77 bits per heavy atom. The molecule has 1 aliphatic heterocycles. The van der Waals surface area contributed by atoms with Gasteiger partial charge in [0, 0.05) is 38.3 Å². The molecule has 0 amide bonds. The lowest BCUT2D eigenvalue weighted by Gasteiger charge is -2.32. The van der Waals surface area contributed by atoms with E-state index in [9.17, 15) is 0 Å². The summed E-state index contributed by atoms with van der Waals surface area (Å²) < 4.78 is 0. The van der Waals surface area contributed by atoms with E-state index in [-0.39, 0.29) is 0 Å². The van der Waals surface area contributed by atoms with E-state index in [4.69, 9.17) is 5.26 Å². The molecule has 0 saturated carbocycles. The van der Waals surface area contributed by atoms with Crippen LogP contribution in [-0.4, -0.2) is 37.1 Å². The predicted octanol–water partition coefficient (Wildman–Crippen LogP) is 0.750. The van der Waals surface area contributed by atoms with Crippen molar-refractivity contribution in [2.45, 2.75) is 19.4 Å². The first-order chi connectivity index (χ1) is 6.38. The molecule has 3 heteroatoms. The van der Waals surface area contributed by atoms with E-state index in [1.165, 1.54) is 0 Å². The van der Waals surface area contributed by atoms with Crippen molar-refractivity contribution in [1.29, 1.82) is 5.26 Å². The van der Waals surface area contributed by atoms with Gasteiger partial charge in [0.15, 0.2) is 0 Å². The molecule has 1 fully saturated rings. The zero-order chi connectivity index (χ0) is 9.52. The number of hydrogen-bond donors (Lipinski definition) is 1. The molecule has 0 aliphatic carbocycles. The fraction of sp³-hybridized carbons (Fsp3) is 0.700. The summed E-state index contributed by atoms with van der Waals surface area (Å²) in [5, 5.41) is 11.8. The molecule has 72 valence electrons. The van der Waals surface area contributed by atoms with E-state index in [0.29, 0.717) is 6.04 Å². The molecule has 1 aliphatic rings. The van der Waals surface area contributed by atoms with Gasteiger partial charge in [-0.3, -0.25) is 4.90 Å². The molecular formula is C10H17N3. The first-order valence-electron chi connectivity index (χ1n) is 4.89. The van der Waals surface area contributed by atoms with Crippen LogP contribution in [0.25, 0.3) is 0 Å². The van der Waals surface area contributed by atoms with Gasteiger partial charge >= 0.3 is 0 Å². The summed E-state index contributed by atoms with van der Waals surface area (Å²) >= 11 is 0. The van der Waals surface area contributed by atoms with Gasteiger partial charge in [0.2, 0.25) is 0 Å². The highest BCUT2D eigenvalue weighted by molar-refractivity contribution is 5.06. The molecule has 1 rings (SSSR count). The normalized spacial score (nSPS) is 21.5. The van der Waals surface area contributed by atoms with Crippen LogP contribution in [0, 0.1) is 11.3 Å². The molecule has 1 atom stereocenters. The quantitative estimate of drug-likeness (QED) is 0.650. The van der Waals surface area contributed by atoms with Crippen LogP contribution < -0.4 is 5.32 Å². The maximum atomic E-state index is 8.44. The minimum Gasteiger partial charge on any atom is -0.314 e. The highest BCUT2D eigenvalue weighted by Gasteiger charge is 2.15. The van der Waals surface area contributed by atoms with Gasteiger partial charge in [-0.15, -0.1) is 0 Å². The van der Waals surface area contributed by atoms with E-state index >= 15 is 0 Å². The van der Waals surface area contributed by atoms with Crippen molar-refractivity contribution in [3.05, 3.63) is 12.2 Å². The third-order valence-electron chi connectivity index (χ3n) is 2.43. The fourth-order valence-electron chi connectivity index (χ4n) is 1.68. The zero-order valence-corrected chi connectivity index (χ0v) is 8.16. The van der Waals surface area contributed by atoms with Crippen LogP contribution in [0.4, 0.5) is 0 Å². The average molecular weight is 179 g/mol. The standard InChI is InChI=1S/C10H17N3/c1-2-10(4-3-5-11)13-8-6-12-7-9-13/h3-4,10,12H,2,6-9H2,1H3. The molecule has 0 aromatic carbocycles. The van der Waals surface area contributed by atoms with Gasteiger partial charge in [-0.05, 0) is 6.42 Å². The van der Waals surface area contributed by atoms with E-state index in [0.717, 1.165) is 32.6 Å². The Bertz CT molecular complexity index is 199. The Hall–Kier alpha value is -0.850. The monoisotopic (exact) mass is 179 g/mol. The lowest BCUT2D eigenvalue weighted by Crippen LogP contribution is -2.47. The van der Waals surface area contributed by atoms with Gasteiger partial charge in [0.1, 0.15) is 0 Å². The first-order valence-corrected chi connectivity index (χ1v) is 4.89. The van der Waals surface area contributed by atoms with E-state index in [1.54, 1.807) is 6.08 Å². The van der Waals surface area contributed by atoms with Crippen molar-refractivity contribution in [1.82, 2.24) is 10.2 Å². The van der Waals surface area contributed by atoms with Crippen LogP contribution >= 0.6 is 0 Å². The third kappa shape index (κ3) is 3.17. The number of rotatable bonds is 3. The van der Waals surface area contributed by atoms with Crippen LogP contribution in [0.5, 0.6) is 0 Å². The lowest BCUT2D eigenvalue weighted by molar-refractivity contribution is 0.198. The topological polar surface area (TPSA) is 39.1 Å². The Morgan fingerprint density at radius 1 is 1.54 bits per heavy atom. The summed E-state index contributed by atoms with van der Waals surface area (Å²) in [4.78, 5) is 2.42. The highest BCUT2D eigenvalue weighted by Crippen LogP contribution is 2.06. The predicted molar refractivity (Wildman–Crippen MR) is 53.3 cm³/mol. The summed E-state index contributed by atoms with van der Waals surface area (Å²) in [5.41, 5.74) is 0. The molecule has 1 saturated heterocycles. The lowest BCUT2D eigenvalue weighted by atomic mass is 10.1. The van der Waals surface area contributed by atoms with Crippen molar-refractivity contribution in [2.75, 3.05) is 26.2 Å². The molecule has 1 N–H and O–H groups in total. The van der Waals surface area contributed by atoms with Crippen LogP contribution in [-0.2, 0) is 0 Å². The van der Waals surface area contributed by atoms with Gasteiger partial charge < -0.3 is 5.32 Å². The van der Waals surface area contributed by atoms with Gasteiger partial charge in [-0.1, -0.05) is 13.0 Å². The summed E-state index contributed by atoms with van der Waals surface area (Å²) in [7, 11) is 0. The van der Waals surface area contributed by atoms with E-state index in [1.807, 2.05) is 12.1 Å². The number of hydrogen-bond acceptors (Lipinski definition) is 3. The molecular weight excluding hydrogens is 162 g/mol. The van der Waals surface area contributed by atoms with Crippen molar-refractivity contribution < 1.29 is 0 Å². The van der Waals surface area contributed by atoms with Crippen molar-refractivity contribution in [2.24, 2.45) is 0 Å². The molecule has 0 aromatic rings. The summed E-state index contributed by atoms with van der Waals surface area (Å²) in [6.07, 6.45) is 4.68. The van der Waals surface area contributed by atoms with Crippen molar-refractivity contribution in [3.8, 4) is 6.07 Å². The molecule has 1 heterocycles. The average Bonchev–Trinajstić information content (AvgIpc) is 2.21. The van der Waals surface area contributed by atoms with E-state index < -0.39 is 0 Å². The summed E-state index contributed by atoms with van der Waals surface area (Å²) in [6.45, 7) is 6.48.